The summed E-state index contributed by atoms with van der Waals surface area (Å²) in [4.78, 5) is 25.0. The maximum absolute atomic E-state index is 12.8. The van der Waals surface area contributed by atoms with Gasteiger partial charge in [-0.25, -0.2) is 9.89 Å². The predicted octanol–water partition coefficient (Wildman–Crippen LogP) is 4.45. The van der Waals surface area contributed by atoms with Crippen LogP contribution in [0.2, 0.25) is 0 Å². The number of aryl methyl sites for hydroxylation is 1. The fourth-order valence-electron chi connectivity index (χ4n) is 3.18. The molecule has 0 bridgehead atoms. The van der Waals surface area contributed by atoms with Gasteiger partial charge in [-0.1, -0.05) is 74.1 Å². The second-order valence-electron chi connectivity index (χ2n) is 7.34. The van der Waals surface area contributed by atoms with Crippen LogP contribution in [-0.4, -0.2) is 25.9 Å². The molecule has 0 saturated heterocycles. The molecule has 0 fully saturated rings. The molecule has 1 amide bonds. The van der Waals surface area contributed by atoms with Gasteiger partial charge in [-0.2, -0.15) is 0 Å². The van der Waals surface area contributed by atoms with Crippen molar-refractivity contribution in [1.82, 2.24) is 14.8 Å². The molecule has 0 aliphatic rings. The minimum absolute atomic E-state index is 0.110. The number of benzene rings is 2. The third kappa shape index (κ3) is 5.42. The largest absolute Gasteiger partial charge is 0.343 e. The standard InChI is InChI=1S/C23H28N4O2S/c1-4-16(2)19-12-8-9-13-20(19)24-21(28)17(3)30-23-26-25-22(29)27(23)15-14-18-10-6-5-7-11-18/h5-13,16-17H,4,14-15H2,1-3H3,(H,24,28)(H,25,29). The number of anilines is 1. The van der Waals surface area contributed by atoms with Crippen molar-refractivity contribution in [1.29, 1.82) is 0 Å². The Labute approximate surface area is 181 Å². The Kier molecular flexibility index (Phi) is 7.52. The lowest BCUT2D eigenvalue weighted by atomic mass is 9.97. The topological polar surface area (TPSA) is 79.8 Å². The first kappa shape index (κ1) is 21.9. The molecule has 0 radical (unpaired) electrons. The number of hydrogen-bond donors (Lipinski definition) is 2. The first-order chi connectivity index (χ1) is 14.5. The summed E-state index contributed by atoms with van der Waals surface area (Å²) in [5, 5.41) is 9.79. The van der Waals surface area contributed by atoms with Crippen LogP contribution in [0.25, 0.3) is 0 Å². The monoisotopic (exact) mass is 424 g/mol. The van der Waals surface area contributed by atoms with Crippen molar-refractivity contribution in [3.63, 3.8) is 0 Å². The van der Waals surface area contributed by atoms with Gasteiger partial charge in [0.25, 0.3) is 0 Å². The zero-order valence-electron chi connectivity index (χ0n) is 17.6. The molecule has 0 saturated carbocycles. The Morgan fingerprint density at radius 2 is 1.83 bits per heavy atom. The van der Waals surface area contributed by atoms with Gasteiger partial charge in [-0.3, -0.25) is 9.36 Å². The first-order valence-electron chi connectivity index (χ1n) is 10.2. The van der Waals surface area contributed by atoms with Crippen LogP contribution in [0.3, 0.4) is 0 Å². The van der Waals surface area contributed by atoms with Crippen molar-refractivity contribution in [2.24, 2.45) is 0 Å². The van der Waals surface area contributed by atoms with Gasteiger partial charge in [0.05, 0.1) is 5.25 Å². The molecule has 158 valence electrons. The highest BCUT2D eigenvalue weighted by Gasteiger charge is 2.20. The second-order valence-corrected chi connectivity index (χ2v) is 8.65. The molecule has 2 N–H and O–H groups in total. The van der Waals surface area contributed by atoms with E-state index in [1.165, 1.54) is 11.8 Å². The Morgan fingerprint density at radius 3 is 2.57 bits per heavy atom. The number of nitrogens with zero attached hydrogens (tertiary/aromatic N) is 2. The average Bonchev–Trinajstić information content (AvgIpc) is 3.11. The molecular weight excluding hydrogens is 396 g/mol. The van der Waals surface area contributed by atoms with Crippen molar-refractivity contribution in [3.05, 3.63) is 76.2 Å². The molecule has 2 aromatic carbocycles. The van der Waals surface area contributed by atoms with Crippen LogP contribution in [0.15, 0.2) is 64.5 Å². The molecule has 0 spiro atoms. The third-order valence-electron chi connectivity index (χ3n) is 5.20. The number of aromatic nitrogens is 3. The number of rotatable bonds is 9. The number of H-pyrrole nitrogens is 1. The van der Waals surface area contributed by atoms with E-state index in [1.807, 2.05) is 55.5 Å². The number of carbonyl (C=O) groups excluding carboxylic acids is 1. The molecule has 6 nitrogen and oxygen atoms in total. The fraction of sp³-hybridized carbons (Fsp3) is 0.348. The molecule has 2 atom stereocenters. The highest BCUT2D eigenvalue weighted by atomic mass is 32.2. The molecule has 0 aliphatic carbocycles. The summed E-state index contributed by atoms with van der Waals surface area (Å²) < 4.78 is 1.59. The van der Waals surface area contributed by atoms with Crippen LogP contribution in [0, 0.1) is 0 Å². The van der Waals surface area contributed by atoms with Gasteiger partial charge in [0.2, 0.25) is 5.91 Å². The van der Waals surface area contributed by atoms with Gasteiger partial charge >= 0.3 is 5.69 Å². The lowest BCUT2D eigenvalue weighted by Gasteiger charge is -2.17. The van der Waals surface area contributed by atoms with Crippen molar-refractivity contribution in [3.8, 4) is 0 Å². The first-order valence-corrected chi connectivity index (χ1v) is 11.1. The molecule has 3 aromatic rings. The number of para-hydroxylation sites is 1. The van der Waals surface area contributed by atoms with E-state index in [0.717, 1.165) is 29.7 Å². The van der Waals surface area contributed by atoms with Gasteiger partial charge in [-0.05, 0) is 42.9 Å². The van der Waals surface area contributed by atoms with Crippen LogP contribution < -0.4 is 11.0 Å². The highest BCUT2D eigenvalue weighted by molar-refractivity contribution is 8.00. The van der Waals surface area contributed by atoms with E-state index in [9.17, 15) is 9.59 Å². The molecular formula is C23H28N4O2S. The normalized spacial score (nSPS) is 13.0. The zero-order chi connectivity index (χ0) is 21.5. The molecule has 30 heavy (non-hydrogen) atoms. The molecule has 0 aliphatic heterocycles. The SMILES string of the molecule is CCC(C)c1ccccc1NC(=O)C(C)Sc1n[nH]c(=O)n1CCc1ccccc1. The molecule has 2 unspecified atom stereocenters. The lowest BCUT2D eigenvalue weighted by Crippen LogP contribution is -2.25. The molecule has 1 heterocycles. The smallest absolute Gasteiger partial charge is 0.325 e. The van der Waals surface area contributed by atoms with Gasteiger partial charge in [0.15, 0.2) is 5.16 Å². The summed E-state index contributed by atoms with van der Waals surface area (Å²) in [6.07, 6.45) is 1.72. The van der Waals surface area contributed by atoms with Crippen molar-refractivity contribution in [2.45, 2.75) is 56.5 Å². The fourth-order valence-corrected chi connectivity index (χ4v) is 4.06. The highest BCUT2D eigenvalue weighted by Crippen LogP contribution is 2.28. The Balaban J connectivity index is 1.67. The van der Waals surface area contributed by atoms with E-state index in [0.29, 0.717) is 17.6 Å². The quantitative estimate of drug-likeness (QED) is 0.498. The van der Waals surface area contributed by atoms with E-state index in [-0.39, 0.29) is 11.6 Å². The number of thioether (sulfide) groups is 1. The maximum Gasteiger partial charge on any atom is 0.343 e. The lowest BCUT2D eigenvalue weighted by molar-refractivity contribution is -0.115. The minimum atomic E-state index is -0.402. The number of nitrogens with one attached hydrogen (secondary N) is 2. The van der Waals surface area contributed by atoms with E-state index in [1.54, 1.807) is 4.57 Å². The van der Waals surface area contributed by atoms with Crippen LogP contribution in [0.1, 0.15) is 44.2 Å². The van der Waals surface area contributed by atoms with Gasteiger partial charge in [0, 0.05) is 12.2 Å². The molecule has 1 aromatic heterocycles. The predicted molar refractivity (Wildman–Crippen MR) is 122 cm³/mol. The summed E-state index contributed by atoms with van der Waals surface area (Å²) in [6, 6.07) is 17.9. The van der Waals surface area contributed by atoms with Crippen LogP contribution in [0.4, 0.5) is 5.69 Å². The number of amides is 1. The van der Waals surface area contributed by atoms with Gasteiger partial charge in [0.1, 0.15) is 0 Å². The Bertz CT molecular complexity index is 1030. The second kappa shape index (κ2) is 10.3. The van der Waals surface area contributed by atoms with Crippen LogP contribution in [0.5, 0.6) is 0 Å². The van der Waals surface area contributed by atoms with E-state index in [2.05, 4.69) is 35.4 Å². The summed E-state index contributed by atoms with van der Waals surface area (Å²) in [5.74, 6) is 0.250. The zero-order valence-corrected chi connectivity index (χ0v) is 18.4. The average molecular weight is 425 g/mol. The van der Waals surface area contributed by atoms with Crippen molar-refractivity contribution >= 4 is 23.4 Å². The summed E-state index contributed by atoms with van der Waals surface area (Å²) >= 11 is 1.28. The molecule has 3 rings (SSSR count). The maximum atomic E-state index is 12.8. The van der Waals surface area contributed by atoms with Gasteiger partial charge < -0.3 is 5.32 Å². The van der Waals surface area contributed by atoms with Crippen LogP contribution >= 0.6 is 11.8 Å². The minimum Gasteiger partial charge on any atom is -0.325 e. The van der Waals surface area contributed by atoms with E-state index in [4.69, 9.17) is 0 Å². The van der Waals surface area contributed by atoms with Crippen molar-refractivity contribution in [2.75, 3.05) is 5.32 Å². The third-order valence-corrected chi connectivity index (χ3v) is 6.29. The Morgan fingerprint density at radius 1 is 1.13 bits per heavy atom. The van der Waals surface area contributed by atoms with Crippen LogP contribution in [-0.2, 0) is 17.8 Å². The number of carbonyl (C=O) groups is 1. The summed E-state index contributed by atoms with van der Waals surface area (Å²) in [7, 11) is 0. The number of aromatic amines is 1. The van der Waals surface area contributed by atoms with Gasteiger partial charge in [-0.15, -0.1) is 5.10 Å². The Hall–Kier alpha value is -2.80. The summed E-state index contributed by atoms with van der Waals surface area (Å²) in [6.45, 7) is 6.62. The van der Waals surface area contributed by atoms with E-state index < -0.39 is 5.25 Å². The van der Waals surface area contributed by atoms with E-state index >= 15 is 0 Å². The number of hydrogen-bond acceptors (Lipinski definition) is 4. The summed E-state index contributed by atoms with van der Waals surface area (Å²) in [5.41, 5.74) is 2.86. The molecule has 7 heteroatoms. The van der Waals surface area contributed by atoms with Crippen molar-refractivity contribution < 1.29 is 4.79 Å².